The summed E-state index contributed by atoms with van der Waals surface area (Å²) in [6.45, 7) is 5.59. The molecule has 1 aromatic heterocycles. The second-order valence-corrected chi connectivity index (χ2v) is 8.91. The monoisotopic (exact) mass is 420 g/mol. The zero-order chi connectivity index (χ0) is 21.5. The number of primary amides is 1. The number of carbonyl (C=O) groups excluding carboxylic acids is 3. The number of halogens is 1. The number of nitrogens with two attached hydrogens (primary N) is 2. The average Bonchev–Trinajstić information content (AvgIpc) is 3.20. The Morgan fingerprint density at radius 2 is 1.97 bits per heavy atom. The van der Waals surface area contributed by atoms with Gasteiger partial charge in [0.1, 0.15) is 17.7 Å². The third-order valence-corrected chi connectivity index (χ3v) is 5.26. The van der Waals surface area contributed by atoms with Gasteiger partial charge < -0.3 is 26.1 Å². The highest BCUT2D eigenvalue weighted by Gasteiger charge is 2.42. The second-order valence-electron chi connectivity index (χ2n) is 8.47. The number of fused-ring (bicyclic) bond motifs is 1. The lowest BCUT2D eigenvalue weighted by Crippen LogP contribution is -2.56. The summed E-state index contributed by atoms with van der Waals surface area (Å²) in [6, 6.07) is 4.56. The van der Waals surface area contributed by atoms with Crippen LogP contribution in [0.3, 0.4) is 0 Å². The Balaban J connectivity index is 1.84. The van der Waals surface area contributed by atoms with Gasteiger partial charge in [-0.15, -0.1) is 0 Å². The summed E-state index contributed by atoms with van der Waals surface area (Å²) in [6.07, 6.45) is 0.277. The largest absolute Gasteiger partial charge is 0.451 e. The first kappa shape index (κ1) is 21.1. The SMILES string of the molecule is CC(C)(C)[C@@H](NC(=O)C1CC(N)CN1C(=O)c1cc2cc(Cl)ccc2o1)C(N)=O. The lowest BCUT2D eigenvalue weighted by molar-refractivity contribution is -0.131. The van der Waals surface area contributed by atoms with Crippen molar-refractivity contribution in [3.8, 4) is 0 Å². The number of nitrogens with zero attached hydrogens (tertiary/aromatic N) is 1. The van der Waals surface area contributed by atoms with Gasteiger partial charge in [-0.25, -0.2) is 0 Å². The summed E-state index contributed by atoms with van der Waals surface area (Å²) < 4.78 is 5.64. The quantitative estimate of drug-likeness (QED) is 0.691. The van der Waals surface area contributed by atoms with Gasteiger partial charge >= 0.3 is 0 Å². The van der Waals surface area contributed by atoms with Crippen molar-refractivity contribution in [1.29, 1.82) is 0 Å². The van der Waals surface area contributed by atoms with E-state index in [1.807, 2.05) is 0 Å². The number of hydrogen-bond donors (Lipinski definition) is 3. The number of likely N-dealkylation sites (tertiary alicyclic amines) is 1. The summed E-state index contributed by atoms with van der Waals surface area (Å²) in [4.78, 5) is 39.1. The van der Waals surface area contributed by atoms with Crippen LogP contribution in [-0.2, 0) is 9.59 Å². The molecule has 8 nitrogen and oxygen atoms in total. The van der Waals surface area contributed by atoms with E-state index in [1.54, 1.807) is 45.0 Å². The van der Waals surface area contributed by atoms with Crippen LogP contribution in [0.4, 0.5) is 0 Å². The van der Waals surface area contributed by atoms with Gasteiger partial charge in [0.05, 0.1) is 0 Å². The lowest BCUT2D eigenvalue weighted by Gasteiger charge is -2.31. The van der Waals surface area contributed by atoms with E-state index in [-0.39, 0.29) is 24.8 Å². The number of carbonyl (C=O) groups is 3. The Labute approximate surface area is 173 Å². The van der Waals surface area contributed by atoms with E-state index in [9.17, 15) is 14.4 Å². The highest BCUT2D eigenvalue weighted by Crippen LogP contribution is 2.27. The molecular weight excluding hydrogens is 396 g/mol. The van der Waals surface area contributed by atoms with Gasteiger partial charge in [-0.3, -0.25) is 14.4 Å². The topological polar surface area (TPSA) is 132 Å². The van der Waals surface area contributed by atoms with Gasteiger partial charge in [0.15, 0.2) is 5.76 Å². The lowest BCUT2D eigenvalue weighted by atomic mass is 9.86. The molecule has 156 valence electrons. The van der Waals surface area contributed by atoms with Crippen LogP contribution in [0, 0.1) is 5.41 Å². The predicted octanol–water partition coefficient (Wildman–Crippen LogP) is 1.64. The van der Waals surface area contributed by atoms with Crippen molar-refractivity contribution in [3.05, 3.63) is 35.0 Å². The van der Waals surface area contributed by atoms with E-state index in [1.165, 1.54) is 4.90 Å². The van der Waals surface area contributed by atoms with E-state index in [4.69, 9.17) is 27.5 Å². The highest BCUT2D eigenvalue weighted by molar-refractivity contribution is 6.31. The molecular formula is C20H25ClN4O4. The predicted molar refractivity (Wildman–Crippen MR) is 109 cm³/mol. The van der Waals surface area contributed by atoms with Crippen molar-refractivity contribution in [1.82, 2.24) is 10.2 Å². The first-order valence-corrected chi connectivity index (χ1v) is 9.70. The second kappa shape index (κ2) is 7.68. The summed E-state index contributed by atoms with van der Waals surface area (Å²) >= 11 is 5.98. The van der Waals surface area contributed by atoms with Crippen LogP contribution in [0.1, 0.15) is 37.7 Å². The van der Waals surface area contributed by atoms with Gasteiger partial charge in [-0.05, 0) is 36.1 Å². The summed E-state index contributed by atoms with van der Waals surface area (Å²) in [5, 5.41) is 3.89. The van der Waals surface area contributed by atoms with Crippen LogP contribution in [0.2, 0.25) is 5.02 Å². The Morgan fingerprint density at radius 3 is 2.59 bits per heavy atom. The molecule has 2 unspecified atom stereocenters. The first-order valence-electron chi connectivity index (χ1n) is 9.32. The van der Waals surface area contributed by atoms with Crippen LogP contribution in [0.5, 0.6) is 0 Å². The molecule has 29 heavy (non-hydrogen) atoms. The van der Waals surface area contributed by atoms with Crippen LogP contribution in [0.15, 0.2) is 28.7 Å². The van der Waals surface area contributed by atoms with Gasteiger partial charge in [-0.1, -0.05) is 32.4 Å². The molecule has 3 rings (SSSR count). The molecule has 0 aliphatic carbocycles. The van der Waals surface area contributed by atoms with Crippen molar-refractivity contribution in [2.45, 2.75) is 45.3 Å². The molecule has 0 saturated carbocycles. The van der Waals surface area contributed by atoms with Crippen molar-refractivity contribution in [3.63, 3.8) is 0 Å². The molecule has 0 radical (unpaired) electrons. The van der Waals surface area contributed by atoms with E-state index >= 15 is 0 Å². The Bertz CT molecular complexity index is 965. The minimum atomic E-state index is -0.878. The Kier molecular flexibility index (Phi) is 5.60. The van der Waals surface area contributed by atoms with Gasteiger partial charge in [0.2, 0.25) is 11.8 Å². The standard InChI is InChI=1S/C20H25ClN4O4/c1-20(2,3)16(17(23)26)24-18(27)13-8-12(22)9-25(13)19(28)15-7-10-6-11(21)4-5-14(10)29-15/h4-7,12-13,16H,8-9,22H2,1-3H3,(H2,23,26)(H,24,27)/t12?,13?,16-/m0/s1. The molecule has 1 aliphatic rings. The number of nitrogens with one attached hydrogen (secondary N) is 1. The fraction of sp³-hybridized carbons (Fsp3) is 0.450. The van der Waals surface area contributed by atoms with E-state index in [2.05, 4.69) is 5.32 Å². The number of hydrogen-bond acceptors (Lipinski definition) is 5. The zero-order valence-electron chi connectivity index (χ0n) is 16.6. The third kappa shape index (κ3) is 4.38. The smallest absolute Gasteiger partial charge is 0.290 e. The van der Waals surface area contributed by atoms with Gasteiger partial charge in [0.25, 0.3) is 5.91 Å². The minimum absolute atomic E-state index is 0.0939. The maximum atomic E-state index is 13.1. The fourth-order valence-corrected chi connectivity index (χ4v) is 3.74. The van der Waals surface area contributed by atoms with Crippen molar-refractivity contribution in [2.75, 3.05) is 6.54 Å². The summed E-state index contributed by atoms with van der Waals surface area (Å²) in [5.74, 6) is -1.46. The van der Waals surface area contributed by atoms with Crippen molar-refractivity contribution in [2.24, 2.45) is 16.9 Å². The van der Waals surface area contributed by atoms with Gasteiger partial charge in [-0.2, -0.15) is 0 Å². The fourth-order valence-electron chi connectivity index (χ4n) is 3.56. The number of amides is 3. The van der Waals surface area contributed by atoms with Crippen molar-refractivity contribution >= 4 is 40.3 Å². The number of rotatable bonds is 4. The highest BCUT2D eigenvalue weighted by atomic mass is 35.5. The molecule has 0 spiro atoms. The first-order chi connectivity index (χ1) is 13.5. The Morgan fingerprint density at radius 1 is 1.28 bits per heavy atom. The van der Waals surface area contributed by atoms with E-state index < -0.39 is 35.2 Å². The molecule has 2 heterocycles. The number of furan rings is 1. The number of benzene rings is 1. The minimum Gasteiger partial charge on any atom is -0.451 e. The molecule has 1 fully saturated rings. The molecule has 3 atom stereocenters. The third-order valence-electron chi connectivity index (χ3n) is 5.02. The normalized spacial score (nSPS) is 20.7. The maximum Gasteiger partial charge on any atom is 0.290 e. The molecule has 0 bridgehead atoms. The van der Waals surface area contributed by atoms with E-state index in [0.717, 1.165) is 0 Å². The van der Waals surface area contributed by atoms with Crippen LogP contribution in [-0.4, -0.2) is 47.3 Å². The van der Waals surface area contributed by atoms with Crippen LogP contribution >= 0.6 is 11.6 Å². The molecule has 1 aromatic carbocycles. The molecule has 3 amide bonds. The van der Waals surface area contributed by atoms with E-state index in [0.29, 0.717) is 16.0 Å². The molecule has 9 heteroatoms. The zero-order valence-corrected chi connectivity index (χ0v) is 17.3. The summed E-state index contributed by atoms with van der Waals surface area (Å²) in [5.41, 5.74) is 11.4. The van der Waals surface area contributed by atoms with Crippen LogP contribution in [0.25, 0.3) is 11.0 Å². The molecule has 1 saturated heterocycles. The molecule has 2 aromatic rings. The molecule has 1 aliphatic heterocycles. The Hall–Kier alpha value is -2.58. The van der Waals surface area contributed by atoms with Gasteiger partial charge in [0, 0.05) is 23.0 Å². The van der Waals surface area contributed by atoms with Crippen LogP contribution < -0.4 is 16.8 Å². The molecule has 5 N–H and O–H groups in total. The van der Waals surface area contributed by atoms with Crippen molar-refractivity contribution < 1.29 is 18.8 Å². The maximum absolute atomic E-state index is 13.1. The average molecular weight is 421 g/mol. The summed E-state index contributed by atoms with van der Waals surface area (Å²) in [7, 11) is 0.